The molecule has 2 aromatic rings. The van der Waals surface area contributed by atoms with Crippen molar-refractivity contribution in [2.75, 3.05) is 0 Å². The summed E-state index contributed by atoms with van der Waals surface area (Å²) in [7, 11) is 1.82. The predicted octanol–water partition coefficient (Wildman–Crippen LogP) is 3.29. The monoisotopic (exact) mass is 293 g/mol. The van der Waals surface area contributed by atoms with Gasteiger partial charge >= 0.3 is 0 Å². The highest BCUT2D eigenvalue weighted by molar-refractivity contribution is 6.30. The normalized spacial score (nSPS) is 12.5. The molecular formula is C15H20ClN3O. The van der Waals surface area contributed by atoms with Gasteiger partial charge < -0.3 is 10.5 Å². The summed E-state index contributed by atoms with van der Waals surface area (Å²) in [6.45, 7) is 6.30. The van der Waals surface area contributed by atoms with Crippen molar-refractivity contribution in [2.45, 2.75) is 33.4 Å². The average molecular weight is 294 g/mol. The van der Waals surface area contributed by atoms with Gasteiger partial charge in [0.25, 0.3) is 0 Å². The molecule has 0 spiro atoms. The number of aromatic nitrogens is 2. The van der Waals surface area contributed by atoms with Crippen molar-refractivity contribution >= 4 is 11.6 Å². The molecule has 2 N–H and O–H groups in total. The SMILES string of the molecule is Cc1ccc(OCc2c(C)nn(C)c2Cl)c(C(C)N)c1. The van der Waals surface area contributed by atoms with E-state index in [4.69, 9.17) is 22.1 Å². The van der Waals surface area contributed by atoms with E-state index in [-0.39, 0.29) is 6.04 Å². The van der Waals surface area contributed by atoms with Gasteiger partial charge in [0.05, 0.1) is 5.69 Å². The van der Waals surface area contributed by atoms with Crippen LogP contribution in [0, 0.1) is 13.8 Å². The fourth-order valence-electron chi connectivity index (χ4n) is 2.14. The Morgan fingerprint density at radius 2 is 2.10 bits per heavy atom. The van der Waals surface area contributed by atoms with Crippen molar-refractivity contribution in [3.63, 3.8) is 0 Å². The minimum atomic E-state index is -0.0737. The molecule has 1 unspecified atom stereocenters. The number of hydrogen-bond donors (Lipinski definition) is 1. The second-order valence-electron chi connectivity index (χ2n) is 5.10. The summed E-state index contributed by atoms with van der Waals surface area (Å²) in [5, 5.41) is 4.88. The Morgan fingerprint density at radius 3 is 2.65 bits per heavy atom. The first-order valence-corrected chi connectivity index (χ1v) is 6.95. The smallest absolute Gasteiger partial charge is 0.133 e. The number of nitrogens with zero attached hydrogens (tertiary/aromatic N) is 2. The van der Waals surface area contributed by atoms with Crippen LogP contribution in [0.4, 0.5) is 0 Å². The number of nitrogens with two attached hydrogens (primary N) is 1. The lowest BCUT2D eigenvalue weighted by molar-refractivity contribution is 0.300. The van der Waals surface area contributed by atoms with Crippen LogP contribution >= 0.6 is 11.6 Å². The topological polar surface area (TPSA) is 53.1 Å². The number of aryl methyl sites for hydroxylation is 3. The summed E-state index contributed by atoms with van der Waals surface area (Å²) in [5.74, 6) is 0.796. The highest BCUT2D eigenvalue weighted by atomic mass is 35.5. The van der Waals surface area contributed by atoms with Crippen LogP contribution in [0.5, 0.6) is 5.75 Å². The first kappa shape index (κ1) is 14.9. The second-order valence-corrected chi connectivity index (χ2v) is 5.46. The van der Waals surface area contributed by atoms with Gasteiger partial charge in [-0.3, -0.25) is 4.68 Å². The molecule has 0 fully saturated rings. The van der Waals surface area contributed by atoms with Crippen molar-refractivity contribution in [3.05, 3.63) is 45.7 Å². The van der Waals surface area contributed by atoms with Crippen molar-refractivity contribution in [1.29, 1.82) is 0 Å². The Morgan fingerprint density at radius 1 is 1.40 bits per heavy atom. The maximum Gasteiger partial charge on any atom is 0.133 e. The third-order valence-electron chi connectivity index (χ3n) is 3.30. The molecule has 0 saturated carbocycles. The molecule has 0 amide bonds. The van der Waals surface area contributed by atoms with Gasteiger partial charge in [-0.05, 0) is 26.8 Å². The van der Waals surface area contributed by atoms with Gasteiger partial charge in [0.15, 0.2) is 0 Å². The Labute approximate surface area is 124 Å². The minimum absolute atomic E-state index is 0.0737. The molecule has 1 aromatic carbocycles. The van der Waals surface area contributed by atoms with Crippen LogP contribution in [0.2, 0.25) is 5.15 Å². The van der Waals surface area contributed by atoms with Gasteiger partial charge in [0.1, 0.15) is 17.5 Å². The lowest BCUT2D eigenvalue weighted by Gasteiger charge is -2.15. The molecule has 0 bridgehead atoms. The molecule has 0 saturated heterocycles. The number of hydrogen-bond acceptors (Lipinski definition) is 3. The van der Waals surface area contributed by atoms with Crippen LogP contribution in [-0.4, -0.2) is 9.78 Å². The van der Waals surface area contributed by atoms with Gasteiger partial charge in [-0.2, -0.15) is 5.10 Å². The van der Waals surface area contributed by atoms with E-state index in [0.717, 1.165) is 22.6 Å². The van der Waals surface area contributed by atoms with E-state index >= 15 is 0 Å². The Hall–Kier alpha value is -1.52. The molecule has 0 radical (unpaired) electrons. The molecule has 0 aliphatic heterocycles. The first-order chi connectivity index (χ1) is 9.40. The van der Waals surface area contributed by atoms with E-state index in [9.17, 15) is 0 Å². The Bertz CT molecular complexity index is 620. The third-order valence-corrected chi connectivity index (χ3v) is 3.77. The standard InChI is InChI=1S/C15H20ClN3O/c1-9-5-6-14(12(7-9)10(2)17)20-8-13-11(3)18-19(4)15(13)16/h5-7,10H,8,17H2,1-4H3. The zero-order chi connectivity index (χ0) is 14.9. The summed E-state index contributed by atoms with van der Waals surface area (Å²) >= 11 is 6.20. The van der Waals surface area contributed by atoms with E-state index in [1.54, 1.807) is 4.68 Å². The molecular weight excluding hydrogens is 274 g/mol. The lowest BCUT2D eigenvalue weighted by atomic mass is 10.1. The number of ether oxygens (including phenoxy) is 1. The van der Waals surface area contributed by atoms with E-state index < -0.39 is 0 Å². The van der Waals surface area contributed by atoms with Gasteiger partial charge in [0.2, 0.25) is 0 Å². The van der Waals surface area contributed by atoms with Gasteiger partial charge in [-0.1, -0.05) is 29.3 Å². The lowest BCUT2D eigenvalue weighted by Crippen LogP contribution is -2.08. The van der Waals surface area contributed by atoms with Crippen molar-refractivity contribution < 1.29 is 4.74 Å². The van der Waals surface area contributed by atoms with Crippen molar-refractivity contribution in [3.8, 4) is 5.75 Å². The summed E-state index contributed by atoms with van der Waals surface area (Å²) in [6.07, 6.45) is 0. The highest BCUT2D eigenvalue weighted by Gasteiger charge is 2.14. The summed E-state index contributed by atoms with van der Waals surface area (Å²) in [4.78, 5) is 0. The van der Waals surface area contributed by atoms with Crippen LogP contribution in [-0.2, 0) is 13.7 Å². The van der Waals surface area contributed by atoms with Crippen molar-refractivity contribution in [1.82, 2.24) is 9.78 Å². The molecule has 0 aliphatic rings. The van der Waals surface area contributed by atoms with E-state index in [0.29, 0.717) is 11.8 Å². The minimum Gasteiger partial charge on any atom is -0.488 e. The van der Waals surface area contributed by atoms with Crippen LogP contribution in [0.25, 0.3) is 0 Å². The molecule has 5 heteroatoms. The molecule has 1 aromatic heterocycles. The Kier molecular flexibility index (Phi) is 4.35. The van der Waals surface area contributed by atoms with E-state index in [1.807, 2.05) is 40.0 Å². The summed E-state index contributed by atoms with van der Waals surface area (Å²) in [5.41, 5.74) is 9.95. The first-order valence-electron chi connectivity index (χ1n) is 6.57. The average Bonchev–Trinajstić information content (AvgIpc) is 2.62. The molecule has 1 atom stereocenters. The summed E-state index contributed by atoms with van der Waals surface area (Å²) in [6, 6.07) is 5.94. The predicted molar refractivity (Wildman–Crippen MR) is 81.1 cm³/mol. The Balaban J connectivity index is 2.23. The molecule has 2 rings (SSSR count). The summed E-state index contributed by atoms with van der Waals surface area (Å²) < 4.78 is 7.55. The van der Waals surface area contributed by atoms with Crippen LogP contribution in [0.15, 0.2) is 18.2 Å². The van der Waals surface area contributed by atoms with Crippen LogP contribution in [0.1, 0.15) is 35.3 Å². The van der Waals surface area contributed by atoms with Gasteiger partial charge in [0, 0.05) is 24.2 Å². The maximum atomic E-state index is 6.20. The van der Waals surface area contributed by atoms with E-state index in [2.05, 4.69) is 11.2 Å². The zero-order valence-electron chi connectivity index (χ0n) is 12.3. The van der Waals surface area contributed by atoms with Crippen LogP contribution < -0.4 is 10.5 Å². The molecule has 0 aliphatic carbocycles. The third kappa shape index (κ3) is 2.97. The zero-order valence-corrected chi connectivity index (χ0v) is 13.0. The number of halogens is 1. The maximum absolute atomic E-state index is 6.20. The second kappa shape index (κ2) is 5.85. The van der Waals surface area contributed by atoms with Gasteiger partial charge in [-0.25, -0.2) is 0 Å². The van der Waals surface area contributed by atoms with E-state index in [1.165, 1.54) is 5.56 Å². The fraction of sp³-hybridized carbons (Fsp3) is 0.400. The fourth-order valence-corrected chi connectivity index (χ4v) is 2.37. The van der Waals surface area contributed by atoms with Gasteiger partial charge in [-0.15, -0.1) is 0 Å². The molecule has 1 heterocycles. The highest BCUT2D eigenvalue weighted by Crippen LogP contribution is 2.27. The quantitative estimate of drug-likeness (QED) is 0.941. The van der Waals surface area contributed by atoms with Crippen molar-refractivity contribution in [2.24, 2.45) is 12.8 Å². The number of rotatable bonds is 4. The molecule has 20 heavy (non-hydrogen) atoms. The largest absolute Gasteiger partial charge is 0.488 e. The number of benzene rings is 1. The van der Waals surface area contributed by atoms with Crippen LogP contribution in [0.3, 0.4) is 0 Å². The molecule has 108 valence electrons. The molecule has 4 nitrogen and oxygen atoms in total.